The summed E-state index contributed by atoms with van der Waals surface area (Å²) in [4.78, 5) is 23.6. The van der Waals surface area contributed by atoms with E-state index in [9.17, 15) is 9.59 Å². The van der Waals surface area contributed by atoms with Gasteiger partial charge in [0, 0.05) is 6.61 Å². The molecule has 0 aromatic carbocycles. The molecule has 15 heavy (non-hydrogen) atoms. The van der Waals surface area contributed by atoms with E-state index in [1.165, 1.54) is 0 Å². The molecular formula is C10H18N2O3. The van der Waals surface area contributed by atoms with Gasteiger partial charge in [0.1, 0.15) is 5.41 Å². The minimum Gasteiger partial charge on any atom is -0.341 e. The molecule has 1 aliphatic rings. The third-order valence-corrected chi connectivity index (χ3v) is 2.93. The van der Waals surface area contributed by atoms with E-state index in [0.29, 0.717) is 19.4 Å². The van der Waals surface area contributed by atoms with Gasteiger partial charge in [-0.15, -0.1) is 0 Å². The van der Waals surface area contributed by atoms with Crippen LogP contribution in [0.5, 0.6) is 0 Å². The first-order valence-corrected chi connectivity index (χ1v) is 5.34. The molecule has 0 atom stereocenters. The number of hydrogen-bond donors (Lipinski definition) is 2. The van der Waals surface area contributed by atoms with Crippen molar-refractivity contribution in [2.24, 2.45) is 5.41 Å². The lowest BCUT2D eigenvalue weighted by Gasteiger charge is -2.37. The highest BCUT2D eigenvalue weighted by molar-refractivity contribution is 6.06. The van der Waals surface area contributed by atoms with E-state index in [0.717, 1.165) is 0 Å². The van der Waals surface area contributed by atoms with Crippen molar-refractivity contribution in [1.29, 1.82) is 0 Å². The Morgan fingerprint density at radius 1 is 1.13 bits per heavy atom. The molecule has 0 aromatic heterocycles. The quantitative estimate of drug-likeness (QED) is 0.664. The molecule has 5 nitrogen and oxygen atoms in total. The highest BCUT2D eigenvalue weighted by atomic mass is 16.5. The van der Waals surface area contributed by atoms with Crippen LogP contribution in [0, 0.1) is 5.41 Å². The normalized spacial score (nSPS) is 21.0. The topological polar surface area (TPSA) is 67.4 Å². The maximum absolute atomic E-state index is 11.8. The summed E-state index contributed by atoms with van der Waals surface area (Å²) < 4.78 is 5.14. The Bertz CT molecular complexity index is 241. The highest BCUT2D eigenvalue weighted by Gasteiger charge is 2.47. The Kier molecular flexibility index (Phi) is 3.68. The maximum atomic E-state index is 11.8. The number of hydrogen-bond acceptors (Lipinski definition) is 3. The maximum Gasteiger partial charge on any atom is 0.239 e. The molecule has 5 heteroatoms. The van der Waals surface area contributed by atoms with Crippen LogP contribution in [0.15, 0.2) is 0 Å². The molecular weight excluding hydrogens is 196 g/mol. The van der Waals surface area contributed by atoms with Crippen molar-refractivity contribution < 1.29 is 14.3 Å². The lowest BCUT2D eigenvalue weighted by molar-refractivity contribution is -0.158. The Labute approximate surface area is 89.6 Å². The van der Waals surface area contributed by atoms with Gasteiger partial charge in [0.05, 0.1) is 0 Å². The molecule has 0 aliphatic carbocycles. The molecule has 1 aliphatic heterocycles. The fourth-order valence-electron chi connectivity index (χ4n) is 1.80. The molecule has 0 radical (unpaired) electrons. The van der Waals surface area contributed by atoms with Crippen LogP contribution in [0.3, 0.4) is 0 Å². The number of carbonyl (C=O) groups is 2. The molecule has 1 fully saturated rings. The van der Waals surface area contributed by atoms with Crippen molar-refractivity contribution in [3.8, 4) is 0 Å². The second-order valence-corrected chi connectivity index (χ2v) is 3.57. The van der Waals surface area contributed by atoms with Crippen LogP contribution >= 0.6 is 0 Å². The van der Waals surface area contributed by atoms with E-state index in [1.54, 1.807) is 6.92 Å². The van der Waals surface area contributed by atoms with Gasteiger partial charge >= 0.3 is 0 Å². The predicted octanol–water partition coefficient (Wildman–Crippen LogP) is 0.359. The minimum atomic E-state index is -0.923. The van der Waals surface area contributed by atoms with Crippen molar-refractivity contribution >= 4 is 11.8 Å². The monoisotopic (exact) mass is 214 g/mol. The average molecular weight is 214 g/mol. The van der Waals surface area contributed by atoms with E-state index >= 15 is 0 Å². The summed E-state index contributed by atoms with van der Waals surface area (Å²) in [7, 11) is 0. The molecule has 0 spiro atoms. The molecule has 86 valence electrons. The van der Waals surface area contributed by atoms with Gasteiger partial charge < -0.3 is 15.4 Å². The fraction of sp³-hybridized carbons (Fsp3) is 0.800. The van der Waals surface area contributed by atoms with Crippen LogP contribution in [0.4, 0.5) is 0 Å². The third-order valence-electron chi connectivity index (χ3n) is 2.93. The number of nitrogens with one attached hydrogen (secondary N) is 2. The Morgan fingerprint density at radius 2 is 1.60 bits per heavy atom. The Morgan fingerprint density at radius 3 is 1.93 bits per heavy atom. The number of carbonyl (C=O) groups excluding carboxylic acids is 2. The van der Waals surface area contributed by atoms with Crippen LogP contribution < -0.4 is 10.6 Å². The molecule has 1 heterocycles. The summed E-state index contributed by atoms with van der Waals surface area (Å²) in [5.41, 5.74) is -0.923. The number of amides is 2. The van der Waals surface area contributed by atoms with Crippen molar-refractivity contribution in [2.75, 3.05) is 6.61 Å². The summed E-state index contributed by atoms with van der Waals surface area (Å²) in [6.07, 6.45) is 0.321. The predicted molar refractivity (Wildman–Crippen MR) is 54.7 cm³/mol. The first kappa shape index (κ1) is 12.0. The van der Waals surface area contributed by atoms with Crippen LogP contribution in [-0.2, 0) is 14.3 Å². The van der Waals surface area contributed by atoms with Crippen molar-refractivity contribution in [3.63, 3.8) is 0 Å². The molecule has 2 N–H and O–H groups in total. The zero-order valence-electron chi connectivity index (χ0n) is 9.42. The molecule has 0 unspecified atom stereocenters. The first-order chi connectivity index (χ1) is 7.10. The van der Waals surface area contributed by atoms with Gasteiger partial charge in [-0.25, -0.2) is 0 Å². The van der Waals surface area contributed by atoms with Crippen LogP contribution in [-0.4, -0.2) is 24.8 Å². The van der Waals surface area contributed by atoms with Crippen molar-refractivity contribution in [1.82, 2.24) is 10.6 Å². The fourth-order valence-corrected chi connectivity index (χ4v) is 1.80. The molecule has 1 rings (SSSR count). The van der Waals surface area contributed by atoms with Crippen molar-refractivity contribution in [2.45, 2.75) is 40.0 Å². The lowest BCUT2D eigenvalue weighted by atomic mass is 9.79. The summed E-state index contributed by atoms with van der Waals surface area (Å²) >= 11 is 0. The highest BCUT2D eigenvalue weighted by Crippen LogP contribution is 2.29. The standard InChI is InChI=1S/C10H18N2O3/c1-4-10(5-2)7(13)11-9(15-6-3)12-8(10)14/h9H,4-6H2,1-3H3,(H,11,13)(H,12,14). The summed E-state index contributed by atoms with van der Waals surface area (Å²) in [5, 5.41) is 5.29. The largest absolute Gasteiger partial charge is 0.341 e. The zero-order chi connectivity index (χ0) is 11.5. The zero-order valence-corrected chi connectivity index (χ0v) is 9.42. The van der Waals surface area contributed by atoms with Gasteiger partial charge in [0.25, 0.3) is 0 Å². The lowest BCUT2D eigenvalue weighted by Crippen LogP contribution is -2.65. The van der Waals surface area contributed by atoms with Crippen LogP contribution in [0.1, 0.15) is 33.6 Å². The van der Waals surface area contributed by atoms with E-state index in [1.807, 2.05) is 13.8 Å². The second-order valence-electron chi connectivity index (χ2n) is 3.57. The van der Waals surface area contributed by atoms with E-state index in [-0.39, 0.29) is 11.8 Å². The van der Waals surface area contributed by atoms with Gasteiger partial charge in [-0.3, -0.25) is 9.59 Å². The molecule has 1 saturated heterocycles. The molecule has 0 bridgehead atoms. The minimum absolute atomic E-state index is 0.241. The van der Waals surface area contributed by atoms with E-state index < -0.39 is 11.8 Å². The smallest absolute Gasteiger partial charge is 0.239 e. The molecule has 0 aromatic rings. The van der Waals surface area contributed by atoms with Gasteiger partial charge in [0.15, 0.2) is 0 Å². The van der Waals surface area contributed by atoms with Gasteiger partial charge in [-0.05, 0) is 19.8 Å². The number of rotatable bonds is 4. The Hall–Kier alpha value is -1.10. The Balaban J connectivity index is 2.81. The van der Waals surface area contributed by atoms with Crippen LogP contribution in [0.2, 0.25) is 0 Å². The van der Waals surface area contributed by atoms with E-state index in [2.05, 4.69) is 10.6 Å². The average Bonchev–Trinajstić information content (AvgIpc) is 2.19. The third kappa shape index (κ3) is 1.97. The SMILES string of the molecule is CCOC1NC(=O)C(CC)(CC)C(=O)N1. The van der Waals surface area contributed by atoms with Gasteiger partial charge in [-0.2, -0.15) is 0 Å². The summed E-state index contributed by atoms with van der Waals surface area (Å²) in [5.74, 6) is -0.482. The summed E-state index contributed by atoms with van der Waals surface area (Å²) in [6.45, 7) is 5.92. The van der Waals surface area contributed by atoms with Gasteiger partial charge in [0.2, 0.25) is 18.2 Å². The first-order valence-electron chi connectivity index (χ1n) is 5.34. The van der Waals surface area contributed by atoms with Crippen molar-refractivity contribution in [3.05, 3.63) is 0 Å². The summed E-state index contributed by atoms with van der Waals surface area (Å²) in [6, 6.07) is 0. The molecule has 2 amide bonds. The number of ether oxygens (including phenoxy) is 1. The van der Waals surface area contributed by atoms with E-state index in [4.69, 9.17) is 4.74 Å². The van der Waals surface area contributed by atoms with Gasteiger partial charge in [-0.1, -0.05) is 13.8 Å². The van der Waals surface area contributed by atoms with Crippen LogP contribution in [0.25, 0.3) is 0 Å². The molecule has 0 saturated carbocycles. The second kappa shape index (κ2) is 4.61.